The van der Waals surface area contributed by atoms with Gasteiger partial charge < -0.3 is 0 Å². The smallest absolute Gasteiger partial charge is 0.261 e. The highest BCUT2D eigenvalue weighted by Crippen LogP contribution is 2.22. The SMILES string of the molecule is Cc1ccc(NS(=O)(=O)c2ccccc2)cc1Cl. The van der Waals surface area contributed by atoms with E-state index in [4.69, 9.17) is 11.6 Å². The molecular weight excluding hydrogens is 270 g/mol. The molecule has 0 saturated heterocycles. The molecule has 0 saturated carbocycles. The molecule has 5 heteroatoms. The molecule has 94 valence electrons. The zero-order valence-corrected chi connectivity index (χ0v) is 11.3. The Kier molecular flexibility index (Phi) is 3.59. The summed E-state index contributed by atoms with van der Waals surface area (Å²) in [6, 6.07) is 13.2. The lowest BCUT2D eigenvalue weighted by Crippen LogP contribution is -2.12. The number of rotatable bonds is 3. The number of anilines is 1. The molecular formula is C13H12ClNO2S. The number of sulfonamides is 1. The monoisotopic (exact) mass is 281 g/mol. The largest absolute Gasteiger partial charge is 0.280 e. The number of benzene rings is 2. The van der Waals surface area contributed by atoms with Crippen LogP contribution >= 0.6 is 11.6 Å². The standard InChI is InChI=1S/C13H12ClNO2S/c1-10-7-8-11(9-13(10)14)15-18(16,17)12-5-3-2-4-6-12/h2-9,15H,1H3. The fraction of sp³-hybridized carbons (Fsp3) is 0.0769. The summed E-state index contributed by atoms with van der Waals surface area (Å²) in [5, 5.41) is 0.531. The van der Waals surface area contributed by atoms with Crippen LogP contribution in [0.1, 0.15) is 5.56 Å². The maximum absolute atomic E-state index is 12.0. The molecule has 3 nitrogen and oxygen atoms in total. The van der Waals surface area contributed by atoms with E-state index in [0.29, 0.717) is 10.7 Å². The Morgan fingerprint density at radius 2 is 1.72 bits per heavy atom. The van der Waals surface area contributed by atoms with E-state index in [1.54, 1.807) is 36.4 Å². The lowest BCUT2D eigenvalue weighted by Gasteiger charge is -2.09. The van der Waals surface area contributed by atoms with Gasteiger partial charge in [0.2, 0.25) is 0 Å². The molecule has 0 atom stereocenters. The highest BCUT2D eigenvalue weighted by Gasteiger charge is 2.13. The highest BCUT2D eigenvalue weighted by molar-refractivity contribution is 7.92. The van der Waals surface area contributed by atoms with Gasteiger partial charge in [-0.1, -0.05) is 35.9 Å². The van der Waals surface area contributed by atoms with Gasteiger partial charge in [0.25, 0.3) is 10.0 Å². The van der Waals surface area contributed by atoms with Gasteiger partial charge in [0, 0.05) is 5.02 Å². The van der Waals surface area contributed by atoms with Crippen LogP contribution in [0.15, 0.2) is 53.4 Å². The predicted octanol–water partition coefficient (Wildman–Crippen LogP) is 3.45. The Labute approximate surface area is 111 Å². The van der Waals surface area contributed by atoms with Gasteiger partial charge >= 0.3 is 0 Å². The van der Waals surface area contributed by atoms with Gasteiger partial charge in [0.15, 0.2) is 0 Å². The summed E-state index contributed by atoms with van der Waals surface area (Å²) in [5.74, 6) is 0. The van der Waals surface area contributed by atoms with Crippen molar-refractivity contribution in [2.45, 2.75) is 11.8 Å². The maximum atomic E-state index is 12.0. The van der Waals surface area contributed by atoms with Crippen LogP contribution in [-0.2, 0) is 10.0 Å². The first kappa shape index (κ1) is 12.9. The minimum absolute atomic E-state index is 0.224. The molecule has 0 radical (unpaired) electrons. The van der Waals surface area contributed by atoms with Crippen LogP contribution in [0.25, 0.3) is 0 Å². The highest BCUT2D eigenvalue weighted by atomic mass is 35.5. The van der Waals surface area contributed by atoms with Crippen molar-refractivity contribution in [3.8, 4) is 0 Å². The predicted molar refractivity (Wildman–Crippen MR) is 73.4 cm³/mol. The van der Waals surface area contributed by atoms with Gasteiger partial charge in [-0.15, -0.1) is 0 Å². The van der Waals surface area contributed by atoms with E-state index in [1.165, 1.54) is 12.1 Å². The van der Waals surface area contributed by atoms with E-state index in [9.17, 15) is 8.42 Å². The molecule has 0 fully saturated rings. The van der Waals surface area contributed by atoms with Gasteiger partial charge in [-0.2, -0.15) is 0 Å². The summed E-state index contributed by atoms with van der Waals surface area (Å²) in [7, 11) is -3.55. The lowest BCUT2D eigenvalue weighted by molar-refractivity contribution is 0.601. The average molecular weight is 282 g/mol. The molecule has 2 aromatic carbocycles. The third-order valence-electron chi connectivity index (χ3n) is 2.48. The number of nitrogens with one attached hydrogen (secondary N) is 1. The maximum Gasteiger partial charge on any atom is 0.261 e. The van der Waals surface area contributed by atoms with Crippen molar-refractivity contribution in [2.75, 3.05) is 4.72 Å². The van der Waals surface area contributed by atoms with Crippen LogP contribution in [0, 0.1) is 6.92 Å². The summed E-state index contributed by atoms with van der Waals surface area (Å²) < 4.78 is 26.6. The van der Waals surface area contributed by atoms with Crippen LogP contribution in [0.5, 0.6) is 0 Å². The Morgan fingerprint density at radius 3 is 2.33 bits per heavy atom. The molecule has 0 aliphatic rings. The van der Waals surface area contributed by atoms with Crippen molar-refractivity contribution in [1.82, 2.24) is 0 Å². The van der Waals surface area contributed by atoms with Crippen LogP contribution in [0.4, 0.5) is 5.69 Å². The van der Waals surface area contributed by atoms with Crippen LogP contribution in [0.2, 0.25) is 5.02 Å². The third kappa shape index (κ3) is 2.83. The fourth-order valence-electron chi connectivity index (χ4n) is 1.47. The normalized spacial score (nSPS) is 11.2. The van der Waals surface area contributed by atoms with Crippen molar-refractivity contribution in [2.24, 2.45) is 0 Å². The molecule has 0 amide bonds. The van der Waals surface area contributed by atoms with Crippen molar-refractivity contribution < 1.29 is 8.42 Å². The first-order valence-corrected chi connectivity index (χ1v) is 7.19. The van der Waals surface area contributed by atoms with Gasteiger partial charge in [-0.05, 0) is 36.8 Å². The molecule has 0 aromatic heterocycles. The van der Waals surface area contributed by atoms with E-state index in [-0.39, 0.29) is 4.90 Å². The fourth-order valence-corrected chi connectivity index (χ4v) is 2.72. The lowest BCUT2D eigenvalue weighted by atomic mass is 10.2. The molecule has 1 N–H and O–H groups in total. The second kappa shape index (κ2) is 5.00. The van der Waals surface area contributed by atoms with E-state index < -0.39 is 10.0 Å². The van der Waals surface area contributed by atoms with Gasteiger partial charge in [-0.3, -0.25) is 4.72 Å². The van der Waals surface area contributed by atoms with Crippen molar-refractivity contribution in [1.29, 1.82) is 0 Å². The summed E-state index contributed by atoms with van der Waals surface area (Å²) in [5.41, 5.74) is 1.36. The van der Waals surface area contributed by atoms with Gasteiger partial charge in [0.1, 0.15) is 0 Å². The molecule has 0 aliphatic carbocycles. The molecule has 2 aromatic rings. The van der Waals surface area contributed by atoms with Crippen LogP contribution < -0.4 is 4.72 Å². The number of aryl methyl sites for hydroxylation is 1. The average Bonchev–Trinajstić information content (AvgIpc) is 2.35. The number of hydrogen-bond donors (Lipinski definition) is 1. The van der Waals surface area contributed by atoms with Gasteiger partial charge in [0.05, 0.1) is 10.6 Å². The quantitative estimate of drug-likeness (QED) is 0.937. The number of halogens is 1. The van der Waals surface area contributed by atoms with E-state index in [1.807, 2.05) is 6.92 Å². The minimum atomic E-state index is -3.55. The Balaban J connectivity index is 2.31. The molecule has 0 aliphatic heterocycles. The molecule has 18 heavy (non-hydrogen) atoms. The van der Waals surface area contributed by atoms with Gasteiger partial charge in [-0.25, -0.2) is 8.42 Å². The Morgan fingerprint density at radius 1 is 1.06 bits per heavy atom. The molecule has 0 bridgehead atoms. The van der Waals surface area contributed by atoms with E-state index in [0.717, 1.165) is 5.56 Å². The summed E-state index contributed by atoms with van der Waals surface area (Å²) in [4.78, 5) is 0.224. The van der Waals surface area contributed by atoms with E-state index in [2.05, 4.69) is 4.72 Å². The second-order valence-corrected chi connectivity index (χ2v) is 5.97. The zero-order chi connectivity index (χ0) is 13.2. The zero-order valence-electron chi connectivity index (χ0n) is 9.72. The van der Waals surface area contributed by atoms with E-state index >= 15 is 0 Å². The van der Waals surface area contributed by atoms with Crippen LogP contribution in [-0.4, -0.2) is 8.42 Å². The summed E-state index contributed by atoms with van der Waals surface area (Å²) in [6.45, 7) is 1.86. The Hall–Kier alpha value is -1.52. The van der Waals surface area contributed by atoms with Crippen molar-refractivity contribution in [3.05, 3.63) is 59.1 Å². The first-order valence-electron chi connectivity index (χ1n) is 5.33. The third-order valence-corrected chi connectivity index (χ3v) is 4.28. The summed E-state index contributed by atoms with van der Waals surface area (Å²) in [6.07, 6.45) is 0. The Bertz CT molecular complexity index is 654. The first-order chi connectivity index (χ1) is 8.49. The van der Waals surface area contributed by atoms with Crippen molar-refractivity contribution in [3.63, 3.8) is 0 Å². The second-order valence-electron chi connectivity index (χ2n) is 3.88. The van der Waals surface area contributed by atoms with Crippen molar-refractivity contribution >= 4 is 27.3 Å². The minimum Gasteiger partial charge on any atom is -0.280 e. The van der Waals surface area contributed by atoms with Crippen LogP contribution in [0.3, 0.4) is 0 Å². The molecule has 0 spiro atoms. The molecule has 0 unspecified atom stereocenters. The molecule has 2 rings (SSSR count). The number of hydrogen-bond acceptors (Lipinski definition) is 2. The summed E-state index contributed by atoms with van der Waals surface area (Å²) >= 11 is 5.95. The topological polar surface area (TPSA) is 46.2 Å². The molecule has 0 heterocycles.